The van der Waals surface area contributed by atoms with E-state index in [1.54, 1.807) is 25.7 Å². The maximum absolute atomic E-state index is 12.3. The maximum atomic E-state index is 12.3. The van der Waals surface area contributed by atoms with Gasteiger partial charge in [0.05, 0.1) is 6.61 Å². The molecule has 8 heteroatoms. The van der Waals surface area contributed by atoms with Gasteiger partial charge in [-0.3, -0.25) is 14.5 Å². The van der Waals surface area contributed by atoms with Gasteiger partial charge < -0.3 is 19.7 Å². The van der Waals surface area contributed by atoms with Crippen molar-refractivity contribution in [1.82, 2.24) is 15.1 Å². The highest BCUT2D eigenvalue weighted by atomic mass is 16.6. The van der Waals surface area contributed by atoms with Crippen LogP contribution in [-0.4, -0.2) is 79.1 Å². The summed E-state index contributed by atoms with van der Waals surface area (Å²) in [5, 5.41) is 2.52. The fourth-order valence-electron chi connectivity index (χ4n) is 3.69. The molecule has 1 aromatic carbocycles. The van der Waals surface area contributed by atoms with Crippen LogP contribution in [-0.2, 0) is 9.53 Å². The Morgan fingerprint density at radius 3 is 2.26 bits per heavy atom. The van der Waals surface area contributed by atoms with E-state index in [4.69, 9.17) is 9.47 Å². The van der Waals surface area contributed by atoms with Crippen molar-refractivity contribution in [2.24, 2.45) is 0 Å². The smallest absolute Gasteiger partial charge is 0.408 e. The second-order valence-corrected chi connectivity index (χ2v) is 9.68. The lowest BCUT2D eigenvalue weighted by Gasteiger charge is -2.34. The molecule has 1 aliphatic rings. The van der Waals surface area contributed by atoms with Crippen molar-refractivity contribution in [3.05, 3.63) is 29.8 Å². The topological polar surface area (TPSA) is 88.2 Å². The summed E-state index contributed by atoms with van der Waals surface area (Å²) in [7, 11) is 0. The van der Waals surface area contributed by atoms with Gasteiger partial charge >= 0.3 is 6.09 Å². The second kappa shape index (κ2) is 13.9. The number of carbonyl (C=O) groups is 3. The summed E-state index contributed by atoms with van der Waals surface area (Å²) >= 11 is 0. The molecule has 0 bridgehead atoms. The van der Waals surface area contributed by atoms with Crippen LogP contribution in [0.1, 0.15) is 70.2 Å². The normalized spacial score (nSPS) is 14.5. The molecule has 190 valence electrons. The largest absolute Gasteiger partial charge is 0.494 e. The minimum atomic E-state index is -0.584. The summed E-state index contributed by atoms with van der Waals surface area (Å²) < 4.78 is 11.0. The molecule has 0 aliphatic carbocycles. The Hall–Kier alpha value is -2.61. The molecule has 0 atom stereocenters. The van der Waals surface area contributed by atoms with Crippen molar-refractivity contribution in [2.45, 2.75) is 65.4 Å². The van der Waals surface area contributed by atoms with Gasteiger partial charge in [0.15, 0.2) is 5.78 Å². The lowest BCUT2D eigenvalue weighted by Crippen LogP contribution is -2.51. The summed E-state index contributed by atoms with van der Waals surface area (Å²) in [5.74, 6) is 0.873. The van der Waals surface area contributed by atoms with Crippen molar-refractivity contribution in [3.8, 4) is 5.75 Å². The predicted molar refractivity (Wildman–Crippen MR) is 132 cm³/mol. The van der Waals surface area contributed by atoms with Gasteiger partial charge in [-0.25, -0.2) is 4.79 Å². The van der Waals surface area contributed by atoms with Crippen LogP contribution in [0.4, 0.5) is 4.79 Å². The first-order valence-corrected chi connectivity index (χ1v) is 12.4. The van der Waals surface area contributed by atoms with Crippen molar-refractivity contribution in [1.29, 1.82) is 0 Å². The highest BCUT2D eigenvalue weighted by Gasteiger charge is 2.22. The van der Waals surface area contributed by atoms with Gasteiger partial charge in [-0.1, -0.05) is 19.8 Å². The molecule has 0 aromatic heterocycles. The van der Waals surface area contributed by atoms with Gasteiger partial charge in [0.1, 0.15) is 17.9 Å². The fraction of sp³-hybridized carbons (Fsp3) is 0.654. The van der Waals surface area contributed by atoms with E-state index in [-0.39, 0.29) is 18.2 Å². The lowest BCUT2D eigenvalue weighted by molar-refractivity contribution is -0.132. The van der Waals surface area contributed by atoms with Gasteiger partial charge in [-0.2, -0.15) is 0 Å². The molecule has 1 saturated heterocycles. The van der Waals surface area contributed by atoms with Crippen LogP contribution in [0.2, 0.25) is 0 Å². The first-order chi connectivity index (χ1) is 16.2. The molecular formula is C26H41N3O5. The Labute approximate surface area is 204 Å². The standard InChI is InChI=1S/C26H41N3O5/c1-5-6-7-9-23(30)21-10-12-22(13-11-21)33-19-8-14-28-15-17-29(18-16-28)24(31)20-27-25(32)34-26(2,3)4/h10-13H,5-9,14-20H2,1-4H3,(H,27,32). The Bertz CT molecular complexity index is 781. The number of amides is 2. The molecule has 0 saturated carbocycles. The third-order valence-electron chi connectivity index (χ3n) is 5.58. The number of ether oxygens (including phenoxy) is 2. The highest BCUT2D eigenvalue weighted by Crippen LogP contribution is 2.15. The third kappa shape index (κ3) is 10.5. The lowest BCUT2D eigenvalue weighted by atomic mass is 10.0. The van der Waals surface area contributed by atoms with Crippen molar-refractivity contribution in [3.63, 3.8) is 0 Å². The minimum Gasteiger partial charge on any atom is -0.494 e. The van der Waals surface area contributed by atoms with E-state index < -0.39 is 11.7 Å². The van der Waals surface area contributed by atoms with E-state index in [1.807, 2.05) is 24.3 Å². The third-order valence-corrected chi connectivity index (χ3v) is 5.58. The van der Waals surface area contributed by atoms with Crippen LogP contribution < -0.4 is 10.1 Å². The van der Waals surface area contributed by atoms with E-state index in [2.05, 4.69) is 17.1 Å². The summed E-state index contributed by atoms with van der Waals surface area (Å²) in [6.07, 6.45) is 4.05. The van der Waals surface area contributed by atoms with Crippen LogP contribution in [0.3, 0.4) is 0 Å². The number of rotatable bonds is 12. The SMILES string of the molecule is CCCCCC(=O)c1ccc(OCCCN2CCN(C(=O)CNC(=O)OC(C)(C)C)CC2)cc1. The van der Waals surface area contributed by atoms with Gasteiger partial charge in [0, 0.05) is 44.7 Å². The van der Waals surface area contributed by atoms with E-state index in [0.717, 1.165) is 56.6 Å². The number of Topliss-reactive ketones (excluding diaryl/α,β-unsaturated/α-hetero) is 1. The van der Waals surface area contributed by atoms with Gasteiger partial charge in [0.2, 0.25) is 5.91 Å². The summed E-state index contributed by atoms with van der Waals surface area (Å²) in [6.45, 7) is 11.8. The zero-order valence-corrected chi connectivity index (χ0v) is 21.2. The Morgan fingerprint density at radius 1 is 0.971 bits per heavy atom. The van der Waals surface area contributed by atoms with Crippen LogP contribution >= 0.6 is 0 Å². The number of ketones is 1. The Balaban J connectivity index is 1.59. The molecule has 0 radical (unpaired) electrons. The van der Waals surface area contributed by atoms with E-state index >= 15 is 0 Å². The molecule has 0 unspecified atom stereocenters. The fourth-order valence-corrected chi connectivity index (χ4v) is 3.69. The Kier molecular flexibility index (Phi) is 11.3. The average molecular weight is 476 g/mol. The number of nitrogens with one attached hydrogen (secondary N) is 1. The summed E-state index contributed by atoms with van der Waals surface area (Å²) in [6, 6.07) is 7.42. The molecule has 1 heterocycles. The van der Waals surface area contributed by atoms with Crippen LogP contribution in [0.15, 0.2) is 24.3 Å². The molecule has 34 heavy (non-hydrogen) atoms. The minimum absolute atomic E-state index is 0.0497. The Morgan fingerprint density at radius 2 is 1.65 bits per heavy atom. The number of hydrogen-bond donors (Lipinski definition) is 1. The number of unbranched alkanes of at least 4 members (excludes halogenated alkanes) is 2. The van der Waals surface area contributed by atoms with Crippen LogP contribution in [0.25, 0.3) is 0 Å². The monoisotopic (exact) mass is 475 g/mol. The van der Waals surface area contributed by atoms with Crippen molar-refractivity contribution >= 4 is 17.8 Å². The van der Waals surface area contributed by atoms with Crippen LogP contribution in [0, 0.1) is 0 Å². The zero-order valence-electron chi connectivity index (χ0n) is 21.2. The predicted octanol–water partition coefficient (Wildman–Crippen LogP) is 3.89. The molecule has 1 fully saturated rings. The second-order valence-electron chi connectivity index (χ2n) is 9.68. The van der Waals surface area contributed by atoms with E-state index in [1.165, 1.54) is 0 Å². The molecular weight excluding hydrogens is 434 g/mol. The summed E-state index contributed by atoms with van der Waals surface area (Å²) in [4.78, 5) is 40.3. The highest BCUT2D eigenvalue weighted by molar-refractivity contribution is 5.96. The number of benzene rings is 1. The number of hydrogen-bond acceptors (Lipinski definition) is 6. The van der Waals surface area contributed by atoms with E-state index in [0.29, 0.717) is 26.1 Å². The first kappa shape index (κ1) is 27.6. The van der Waals surface area contributed by atoms with E-state index in [9.17, 15) is 14.4 Å². The number of piperazine rings is 1. The number of alkyl carbamates (subject to hydrolysis) is 1. The number of nitrogens with zero attached hydrogens (tertiary/aromatic N) is 2. The molecule has 1 aromatic rings. The average Bonchev–Trinajstić information content (AvgIpc) is 2.80. The molecule has 2 amide bonds. The zero-order chi connectivity index (χ0) is 25.0. The molecule has 0 spiro atoms. The maximum Gasteiger partial charge on any atom is 0.408 e. The van der Waals surface area contributed by atoms with Crippen molar-refractivity contribution in [2.75, 3.05) is 45.9 Å². The summed E-state index contributed by atoms with van der Waals surface area (Å²) in [5.41, 5.74) is 0.163. The molecule has 8 nitrogen and oxygen atoms in total. The molecule has 2 rings (SSSR count). The van der Waals surface area contributed by atoms with Crippen LogP contribution in [0.5, 0.6) is 5.75 Å². The van der Waals surface area contributed by atoms with Crippen molar-refractivity contribution < 1.29 is 23.9 Å². The van der Waals surface area contributed by atoms with Gasteiger partial charge in [0.25, 0.3) is 0 Å². The molecule has 1 aliphatic heterocycles. The molecule has 1 N–H and O–H groups in total. The van der Waals surface area contributed by atoms with Gasteiger partial charge in [-0.15, -0.1) is 0 Å². The first-order valence-electron chi connectivity index (χ1n) is 12.4. The number of carbonyl (C=O) groups excluding carboxylic acids is 3. The van der Waals surface area contributed by atoms with Gasteiger partial charge in [-0.05, 0) is 57.9 Å². The quantitative estimate of drug-likeness (QED) is 0.365.